The molecular formula is C17H18O5. The molecule has 5 nitrogen and oxygen atoms in total. The van der Waals surface area contributed by atoms with E-state index in [4.69, 9.17) is 18.9 Å². The highest BCUT2D eigenvalue weighted by Crippen LogP contribution is 2.34. The first kappa shape index (κ1) is 15.7. The summed E-state index contributed by atoms with van der Waals surface area (Å²) in [7, 11) is 4.46. The molecule has 2 aromatic rings. The van der Waals surface area contributed by atoms with E-state index >= 15 is 0 Å². The molecule has 0 spiro atoms. The number of aryl methyl sites for hydroxylation is 1. The molecule has 0 aliphatic carbocycles. The Morgan fingerprint density at radius 3 is 1.82 bits per heavy atom. The molecular weight excluding hydrogens is 284 g/mol. The smallest absolute Gasteiger partial charge is 0.351 e. The van der Waals surface area contributed by atoms with Gasteiger partial charge in [0, 0.05) is 12.1 Å². The largest absolute Gasteiger partial charge is 0.496 e. The van der Waals surface area contributed by atoms with Crippen molar-refractivity contribution in [3.05, 3.63) is 47.5 Å². The van der Waals surface area contributed by atoms with Crippen LogP contribution in [0.2, 0.25) is 0 Å². The summed E-state index contributed by atoms with van der Waals surface area (Å²) in [6.07, 6.45) is 0. The Bertz CT molecular complexity index is 636. The first-order chi connectivity index (χ1) is 10.6. The number of benzene rings is 2. The molecule has 0 atom stereocenters. The van der Waals surface area contributed by atoms with Crippen LogP contribution in [-0.2, 0) is 0 Å². The van der Waals surface area contributed by atoms with Crippen molar-refractivity contribution in [1.29, 1.82) is 0 Å². The zero-order valence-corrected chi connectivity index (χ0v) is 13.0. The van der Waals surface area contributed by atoms with E-state index in [1.54, 1.807) is 24.3 Å². The van der Waals surface area contributed by atoms with Crippen LogP contribution >= 0.6 is 0 Å². The van der Waals surface area contributed by atoms with Gasteiger partial charge in [-0.15, -0.1) is 0 Å². The maximum absolute atomic E-state index is 12.4. The monoisotopic (exact) mass is 302 g/mol. The molecule has 0 saturated carbocycles. The highest BCUT2D eigenvalue weighted by Gasteiger charge is 2.22. The van der Waals surface area contributed by atoms with Crippen LogP contribution in [0.15, 0.2) is 36.4 Å². The Kier molecular flexibility index (Phi) is 4.88. The number of methoxy groups -OCH3 is 3. The van der Waals surface area contributed by atoms with Crippen molar-refractivity contribution in [2.45, 2.75) is 6.92 Å². The van der Waals surface area contributed by atoms with Crippen molar-refractivity contribution in [3.8, 4) is 23.0 Å². The quantitative estimate of drug-likeness (QED) is 0.627. The van der Waals surface area contributed by atoms with Crippen LogP contribution in [-0.4, -0.2) is 27.3 Å². The molecule has 0 fully saturated rings. The molecule has 0 N–H and O–H groups in total. The fraction of sp³-hybridized carbons (Fsp3) is 0.235. The second kappa shape index (κ2) is 6.85. The first-order valence-corrected chi connectivity index (χ1v) is 6.68. The van der Waals surface area contributed by atoms with Crippen molar-refractivity contribution in [3.63, 3.8) is 0 Å². The standard InChI is InChI=1S/C17H18O5/c1-11-5-7-12(8-6-11)22-17(18)16-14(20-3)9-13(19-2)10-15(16)21-4/h5-10H,1-4H3. The van der Waals surface area contributed by atoms with Gasteiger partial charge in [-0.25, -0.2) is 4.79 Å². The van der Waals surface area contributed by atoms with E-state index in [1.165, 1.54) is 21.3 Å². The minimum Gasteiger partial charge on any atom is -0.496 e. The van der Waals surface area contributed by atoms with E-state index in [0.717, 1.165) is 5.56 Å². The lowest BCUT2D eigenvalue weighted by Gasteiger charge is -2.14. The number of carbonyl (C=O) groups excluding carboxylic acids is 1. The van der Waals surface area contributed by atoms with E-state index in [-0.39, 0.29) is 5.56 Å². The van der Waals surface area contributed by atoms with E-state index in [0.29, 0.717) is 23.0 Å². The summed E-state index contributed by atoms with van der Waals surface area (Å²) in [5, 5.41) is 0. The minimum absolute atomic E-state index is 0.214. The first-order valence-electron chi connectivity index (χ1n) is 6.68. The summed E-state index contributed by atoms with van der Waals surface area (Å²) in [6, 6.07) is 10.4. The zero-order chi connectivity index (χ0) is 16.1. The van der Waals surface area contributed by atoms with Gasteiger partial charge in [0.15, 0.2) is 0 Å². The SMILES string of the molecule is COc1cc(OC)c(C(=O)Oc2ccc(C)cc2)c(OC)c1. The van der Waals surface area contributed by atoms with Gasteiger partial charge in [0.05, 0.1) is 21.3 Å². The summed E-state index contributed by atoms with van der Waals surface area (Å²) < 4.78 is 21.0. The van der Waals surface area contributed by atoms with Crippen molar-refractivity contribution < 1.29 is 23.7 Å². The molecule has 0 aliphatic heterocycles. The molecule has 116 valence electrons. The molecule has 0 aliphatic rings. The topological polar surface area (TPSA) is 54.0 Å². The lowest BCUT2D eigenvalue weighted by molar-refractivity contribution is 0.0727. The summed E-state index contributed by atoms with van der Waals surface area (Å²) in [5.74, 6) is 1.08. The summed E-state index contributed by atoms with van der Waals surface area (Å²) in [6.45, 7) is 1.96. The molecule has 5 heteroatoms. The van der Waals surface area contributed by atoms with E-state index < -0.39 is 5.97 Å². The molecule has 22 heavy (non-hydrogen) atoms. The Hall–Kier alpha value is -2.69. The van der Waals surface area contributed by atoms with E-state index in [2.05, 4.69) is 0 Å². The van der Waals surface area contributed by atoms with Crippen molar-refractivity contribution in [1.82, 2.24) is 0 Å². The second-order valence-corrected chi connectivity index (χ2v) is 4.61. The normalized spacial score (nSPS) is 10.0. The van der Waals surface area contributed by atoms with Gasteiger partial charge in [0.2, 0.25) is 0 Å². The number of rotatable bonds is 5. The summed E-state index contributed by atoms with van der Waals surface area (Å²) in [4.78, 5) is 12.4. The highest BCUT2D eigenvalue weighted by atomic mass is 16.5. The van der Waals surface area contributed by atoms with Crippen LogP contribution in [0.5, 0.6) is 23.0 Å². The van der Waals surface area contributed by atoms with Gasteiger partial charge in [0.1, 0.15) is 28.6 Å². The average Bonchev–Trinajstić information content (AvgIpc) is 2.55. The predicted molar refractivity (Wildman–Crippen MR) is 82.2 cm³/mol. The molecule has 0 bridgehead atoms. The van der Waals surface area contributed by atoms with Gasteiger partial charge in [0.25, 0.3) is 0 Å². The number of ether oxygens (including phenoxy) is 4. The van der Waals surface area contributed by atoms with Gasteiger partial charge in [-0.2, -0.15) is 0 Å². The Labute approximate surface area is 129 Å². The molecule has 0 unspecified atom stereocenters. The number of hydrogen-bond donors (Lipinski definition) is 0. The molecule has 0 radical (unpaired) electrons. The summed E-state index contributed by atoms with van der Waals surface area (Å²) in [5.41, 5.74) is 1.30. The van der Waals surface area contributed by atoms with Crippen LogP contribution in [0.25, 0.3) is 0 Å². The van der Waals surface area contributed by atoms with E-state index in [1.807, 2.05) is 19.1 Å². The number of hydrogen-bond acceptors (Lipinski definition) is 5. The molecule has 0 aromatic heterocycles. The molecule has 2 rings (SSSR count). The Balaban J connectivity index is 2.37. The fourth-order valence-electron chi connectivity index (χ4n) is 1.97. The Morgan fingerprint density at radius 2 is 1.36 bits per heavy atom. The molecule has 0 amide bonds. The predicted octanol–water partition coefficient (Wildman–Crippen LogP) is 3.24. The third-order valence-corrected chi connectivity index (χ3v) is 3.15. The lowest BCUT2D eigenvalue weighted by atomic mass is 10.1. The van der Waals surface area contributed by atoms with Gasteiger partial charge < -0.3 is 18.9 Å². The second-order valence-electron chi connectivity index (χ2n) is 4.61. The van der Waals surface area contributed by atoms with Gasteiger partial charge in [-0.1, -0.05) is 17.7 Å². The van der Waals surface area contributed by atoms with Crippen molar-refractivity contribution in [2.75, 3.05) is 21.3 Å². The van der Waals surface area contributed by atoms with Crippen LogP contribution in [0, 0.1) is 6.92 Å². The van der Waals surface area contributed by atoms with E-state index in [9.17, 15) is 4.79 Å². The molecule has 0 saturated heterocycles. The van der Waals surface area contributed by atoms with Crippen LogP contribution in [0.1, 0.15) is 15.9 Å². The molecule has 2 aromatic carbocycles. The highest BCUT2D eigenvalue weighted by molar-refractivity contribution is 5.97. The number of carbonyl (C=O) groups is 1. The van der Waals surface area contributed by atoms with Crippen LogP contribution in [0.3, 0.4) is 0 Å². The van der Waals surface area contributed by atoms with Crippen LogP contribution in [0.4, 0.5) is 0 Å². The van der Waals surface area contributed by atoms with Gasteiger partial charge in [-0.3, -0.25) is 0 Å². The van der Waals surface area contributed by atoms with Crippen LogP contribution < -0.4 is 18.9 Å². The minimum atomic E-state index is -0.555. The third kappa shape index (κ3) is 3.31. The average molecular weight is 302 g/mol. The maximum atomic E-state index is 12.4. The zero-order valence-electron chi connectivity index (χ0n) is 13.0. The van der Waals surface area contributed by atoms with Gasteiger partial charge >= 0.3 is 5.97 Å². The third-order valence-electron chi connectivity index (χ3n) is 3.15. The van der Waals surface area contributed by atoms with Gasteiger partial charge in [-0.05, 0) is 19.1 Å². The number of esters is 1. The molecule has 0 heterocycles. The lowest BCUT2D eigenvalue weighted by Crippen LogP contribution is -2.12. The fourth-order valence-corrected chi connectivity index (χ4v) is 1.97. The Morgan fingerprint density at radius 1 is 0.818 bits per heavy atom. The maximum Gasteiger partial charge on any atom is 0.351 e. The van der Waals surface area contributed by atoms with Crippen molar-refractivity contribution in [2.24, 2.45) is 0 Å². The summed E-state index contributed by atoms with van der Waals surface area (Å²) >= 11 is 0. The van der Waals surface area contributed by atoms with Crippen molar-refractivity contribution >= 4 is 5.97 Å².